The maximum Gasteiger partial charge on any atom is 0.333 e. The van der Waals surface area contributed by atoms with Crippen molar-refractivity contribution in [2.24, 2.45) is 0 Å². The molecule has 3 aromatic rings. The average Bonchev–Trinajstić information content (AvgIpc) is 3.19. The summed E-state index contributed by atoms with van der Waals surface area (Å²) in [6, 6.07) is 14.2. The molecule has 4 rings (SSSR count). The Hall–Kier alpha value is -3.41. The predicted octanol–water partition coefficient (Wildman–Crippen LogP) is 2.85. The van der Waals surface area contributed by atoms with Crippen LogP contribution >= 0.6 is 0 Å². The number of nitrogens with zero attached hydrogens (tertiary/aromatic N) is 1. The van der Waals surface area contributed by atoms with Crippen LogP contribution in [0.2, 0.25) is 0 Å². The van der Waals surface area contributed by atoms with Gasteiger partial charge in [0.15, 0.2) is 0 Å². The van der Waals surface area contributed by atoms with Gasteiger partial charge in [0, 0.05) is 11.7 Å². The summed E-state index contributed by atoms with van der Waals surface area (Å²) in [5.74, 6) is -1.84. The summed E-state index contributed by atoms with van der Waals surface area (Å²) in [6.45, 7) is 0. The van der Waals surface area contributed by atoms with Crippen LogP contribution in [0.5, 0.6) is 0 Å². The van der Waals surface area contributed by atoms with Gasteiger partial charge in [0.25, 0.3) is 11.8 Å². The monoisotopic (exact) mass is 334 g/mol. The minimum Gasteiger partial charge on any atom is -0.361 e. The second kappa shape index (κ2) is 5.90. The van der Waals surface area contributed by atoms with Crippen LogP contribution in [-0.4, -0.2) is 27.8 Å². The summed E-state index contributed by atoms with van der Waals surface area (Å²) in [6.07, 6.45) is 2.39. The third-order valence-corrected chi connectivity index (χ3v) is 4.19. The molecule has 1 aromatic heterocycles. The molecule has 0 saturated heterocycles. The van der Waals surface area contributed by atoms with Crippen LogP contribution in [-0.2, 0) is 16.1 Å². The molecule has 0 atom stereocenters. The van der Waals surface area contributed by atoms with Gasteiger partial charge in [0.1, 0.15) is 0 Å². The summed E-state index contributed by atoms with van der Waals surface area (Å²) in [5.41, 5.74) is 2.50. The molecular formula is C19H14N2O4. The lowest BCUT2D eigenvalue weighted by molar-refractivity contribution is -0.168. The van der Waals surface area contributed by atoms with Crippen molar-refractivity contribution in [3.8, 4) is 0 Å². The van der Waals surface area contributed by atoms with Crippen LogP contribution in [0.3, 0.4) is 0 Å². The third kappa shape index (κ3) is 2.67. The molecule has 0 saturated carbocycles. The van der Waals surface area contributed by atoms with E-state index in [0.717, 1.165) is 16.5 Å². The maximum absolute atomic E-state index is 12.2. The van der Waals surface area contributed by atoms with Crippen LogP contribution in [0.25, 0.3) is 10.9 Å². The van der Waals surface area contributed by atoms with Crippen molar-refractivity contribution in [3.05, 3.63) is 71.4 Å². The van der Waals surface area contributed by atoms with E-state index in [2.05, 4.69) is 4.98 Å². The topological polar surface area (TPSA) is 79.5 Å². The Labute approximate surface area is 143 Å². The number of H-pyrrole nitrogens is 1. The fourth-order valence-electron chi connectivity index (χ4n) is 2.90. The van der Waals surface area contributed by atoms with E-state index in [9.17, 15) is 14.4 Å². The Kier molecular flexibility index (Phi) is 3.57. The molecule has 2 aromatic carbocycles. The number of hydroxylamine groups is 2. The molecule has 0 spiro atoms. The van der Waals surface area contributed by atoms with E-state index in [0.29, 0.717) is 11.5 Å². The van der Waals surface area contributed by atoms with E-state index >= 15 is 0 Å². The number of carbonyl (C=O) groups is 3. The molecule has 0 radical (unpaired) electrons. The number of amides is 2. The van der Waals surface area contributed by atoms with Crippen LogP contribution in [0.1, 0.15) is 32.7 Å². The van der Waals surface area contributed by atoms with Gasteiger partial charge >= 0.3 is 5.97 Å². The molecule has 124 valence electrons. The highest BCUT2D eigenvalue weighted by molar-refractivity contribution is 6.20. The number of aryl methyl sites for hydroxylation is 1. The minimum absolute atomic E-state index is 0.0728. The fourth-order valence-corrected chi connectivity index (χ4v) is 2.90. The summed E-state index contributed by atoms with van der Waals surface area (Å²) in [4.78, 5) is 44.5. The second-order valence-corrected chi connectivity index (χ2v) is 5.81. The summed E-state index contributed by atoms with van der Waals surface area (Å²) in [5, 5.41) is 1.61. The first-order chi connectivity index (χ1) is 12.1. The molecule has 6 heteroatoms. The first kappa shape index (κ1) is 15.1. The van der Waals surface area contributed by atoms with Crippen molar-refractivity contribution in [2.45, 2.75) is 12.8 Å². The zero-order chi connectivity index (χ0) is 17.4. The quantitative estimate of drug-likeness (QED) is 0.744. The van der Waals surface area contributed by atoms with E-state index in [1.165, 1.54) is 12.1 Å². The molecule has 1 aliphatic rings. The van der Waals surface area contributed by atoms with Crippen LogP contribution in [0, 0.1) is 0 Å². The lowest BCUT2D eigenvalue weighted by Crippen LogP contribution is -2.32. The van der Waals surface area contributed by atoms with Crippen molar-refractivity contribution in [3.63, 3.8) is 0 Å². The highest BCUT2D eigenvalue weighted by atomic mass is 16.7. The summed E-state index contributed by atoms with van der Waals surface area (Å²) >= 11 is 0. The number of hydrogen-bond acceptors (Lipinski definition) is 4. The van der Waals surface area contributed by atoms with Gasteiger partial charge in [-0.05, 0) is 47.7 Å². The predicted molar refractivity (Wildman–Crippen MR) is 89.7 cm³/mol. The number of aromatic amines is 1. The Bertz CT molecular complexity index is 970. The largest absolute Gasteiger partial charge is 0.361 e. The molecule has 0 fully saturated rings. The Morgan fingerprint density at radius 3 is 2.44 bits per heavy atom. The molecule has 0 bridgehead atoms. The van der Waals surface area contributed by atoms with E-state index in [1.54, 1.807) is 12.1 Å². The SMILES string of the molecule is O=C(CCc1ccc2[nH]ccc2c1)ON1C(=O)c2ccccc2C1=O. The third-order valence-electron chi connectivity index (χ3n) is 4.19. The van der Waals surface area contributed by atoms with Gasteiger partial charge < -0.3 is 9.82 Å². The second-order valence-electron chi connectivity index (χ2n) is 5.81. The molecule has 1 aliphatic heterocycles. The summed E-state index contributed by atoms with van der Waals surface area (Å²) < 4.78 is 0. The van der Waals surface area contributed by atoms with Gasteiger partial charge in [0.05, 0.1) is 17.5 Å². The van der Waals surface area contributed by atoms with Crippen molar-refractivity contribution >= 4 is 28.7 Å². The van der Waals surface area contributed by atoms with E-state index < -0.39 is 17.8 Å². The van der Waals surface area contributed by atoms with Crippen LogP contribution in [0.4, 0.5) is 0 Å². The zero-order valence-electron chi connectivity index (χ0n) is 13.2. The normalized spacial score (nSPS) is 13.4. The van der Waals surface area contributed by atoms with Crippen LogP contribution in [0.15, 0.2) is 54.7 Å². The number of rotatable bonds is 4. The van der Waals surface area contributed by atoms with E-state index in [4.69, 9.17) is 4.84 Å². The number of carbonyl (C=O) groups excluding carboxylic acids is 3. The van der Waals surface area contributed by atoms with Gasteiger partial charge in [-0.1, -0.05) is 23.3 Å². The number of imide groups is 1. The molecule has 25 heavy (non-hydrogen) atoms. The molecule has 2 heterocycles. The zero-order valence-corrected chi connectivity index (χ0v) is 13.2. The van der Waals surface area contributed by atoms with Crippen molar-refractivity contribution in [1.29, 1.82) is 0 Å². The number of aromatic nitrogens is 1. The standard InChI is InChI=1S/C19H14N2O4/c22-17(8-6-12-5-7-16-13(11-12)9-10-20-16)25-21-18(23)14-3-1-2-4-15(14)19(21)24/h1-5,7,9-11,20H,6,8H2. The molecule has 2 amide bonds. The lowest BCUT2D eigenvalue weighted by atomic mass is 10.1. The highest BCUT2D eigenvalue weighted by Gasteiger charge is 2.38. The smallest absolute Gasteiger partial charge is 0.333 e. The maximum atomic E-state index is 12.2. The Morgan fingerprint density at radius 1 is 1.00 bits per heavy atom. The van der Waals surface area contributed by atoms with Gasteiger partial charge in [-0.15, -0.1) is 0 Å². The number of hydrogen-bond donors (Lipinski definition) is 1. The van der Waals surface area contributed by atoms with Crippen molar-refractivity contribution in [1.82, 2.24) is 10.0 Å². The highest BCUT2D eigenvalue weighted by Crippen LogP contribution is 2.23. The van der Waals surface area contributed by atoms with E-state index in [-0.39, 0.29) is 17.5 Å². The average molecular weight is 334 g/mol. The number of nitrogens with one attached hydrogen (secondary N) is 1. The Balaban J connectivity index is 1.41. The van der Waals surface area contributed by atoms with Gasteiger partial charge in [-0.3, -0.25) is 9.59 Å². The molecule has 6 nitrogen and oxygen atoms in total. The van der Waals surface area contributed by atoms with Crippen molar-refractivity contribution < 1.29 is 19.2 Å². The van der Waals surface area contributed by atoms with Gasteiger partial charge in [-0.25, -0.2) is 4.79 Å². The fraction of sp³-hybridized carbons (Fsp3) is 0.105. The molecule has 0 unspecified atom stereocenters. The summed E-state index contributed by atoms with van der Waals surface area (Å²) in [7, 11) is 0. The minimum atomic E-state index is -0.622. The first-order valence-corrected chi connectivity index (χ1v) is 7.88. The van der Waals surface area contributed by atoms with Gasteiger partial charge in [-0.2, -0.15) is 0 Å². The van der Waals surface area contributed by atoms with Crippen LogP contribution < -0.4 is 0 Å². The van der Waals surface area contributed by atoms with Crippen molar-refractivity contribution in [2.75, 3.05) is 0 Å². The number of fused-ring (bicyclic) bond motifs is 2. The Morgan fingerprint density at radius 2 is 1.72 bits per heavy atom. The molecular weight excluding hydrogens is 320 g/mol. The lowest BCUT2D eigenvalue weighted by Gasteiger charge is -2.12. The number of benzene rings is 2. The molecule has 0 aliphatic carbocycles. The molecule has 1 N–H and O–H groups in total. The van der Waals surface area contributed by atoms with Gasteiger partial charge in [0.2, 0.25) is 0 Å². The first-order valence-electron chi connectivity index (χ1n) is 7.88. The van der Waals surface area contributed by atoms with E-state index in [1.807, 2.05) is 30.5 Å².